The molecule has 126 valence electrons. The fourth-order valence-electron chi connectivity index (χ4n) is 2.56. The van der Waals surface area contributed by atoms with E-state index < -0.39 is 16.9 Å². The van der Waals surface area contributed by atoms with Crippen molar-refractivity contribution < 1.29 is 19.2 Å². The molecule has 0 aromatic carbocycles. The van der Waals surface area contributed by atoms with E-state index in [1.54, 1.807) is 6.92 Å². The standard InChI is InChI=1S/C13H19N5O5/c1-4-23-13(20)17-7-5-16(6-8-17)12(19)11-10(18(21)22)9(2)14-15(11)3/h4-8H2,1-3H3. The van der Waals surface area contributed by atoms with Crippen LogP contribution in [0.1, 0.15) is 23.1 Å². The van der Waals surface area contributed by atoms with Crippen molar-refractivity contribution in [2.75, 3.05) is 32.8 Å². The maximum atomic E-state index is 12.6. The molecule has 10 heteroatoms. The normalized spacial score (nSPS) is 14.7. The zero-order chi connectivity index (χ0) is 17.1. The first-order valence-corrected chi connectivity index (χ1v) is 7.25. The largest absolute Gasteiger partial charge is 0.450 e. The maximum Gasteiger partial charge on any atom is 0.409 e. The summed E-state index contributed by atoms with van der Waals surface area (Å²) in [5, 5.41) is 15.1. The van der Waals surface area contributed by atoms with Gasteiger partial charge in [0.1, 0.15) is 5.69 Å². The molecule has 0 atom stereocenters. The van der Waals surface area contributed by atoms with Gasteiger partial charge in [-0.3, -0.25) is 19.6 Å². The SMILES string of the molecule is CCOC(=O)N1CCN(C(=O)c2c([N+](=O)[O-])c(C)nn2C)CC1. The third kappa shape index (κ3) is 3.25. The average molecular weight is 325 g/mol. The number of nitro groups is 1. The summed E-state index contributed by atoms with van der Waals surface area (Å²) in [6, 6.07) is 0. The minimum Gasteiger partial charge on any atom is -0.450 e. The Morgan fingerprint density at radius 3 is 2.35 bits per heavy atom. The average Bonchev–Trinajstić information content (AvgIpc) is 2.81. The van der Waals surface area contributed by atoms with Crippen LogP contribution in [0, 0.1) is 17.0 Å². The van der Waals surface area contributed by atoms with Gasteiger partial charge in [0, 0.05) is 33.2 Å². The van der Waals surface area contributed by atoms with Gasteiger partial charge in [0.25, 0.3) is 5.91 Å². The fraction of sp³-hybridized carbons (Fsp3) is 0.615. The number of nitrogens with zero attached hydrogens (tertiary/aromatic N) is 5. The Kier molecular flexibility index (Phi) is 4.82. The molecule has 2 rings (SSSR count). The number of rotatable bonds is 3. The van der Waals surface area contributed by atoms with Gasteiger partial charge in [0.05, 0.1) is 11.5 Å². The van der Waals surface area contributed by atoms with Crippen LogP contribution in [0.15, 0.2) is 0 Å². The van der Waals surface area contributed by atoms with Crippen LogP contribution in [-0.2, 0) is 11.8 Å². The third-order valence-electron chi connectivity index (χ3n) is 3.67. The van der Waals surface area contributed by atoms with Crippen LogP contribution in [0.4, 0.5) is 10.5 Å². The Morgan fingerprint density at radius 2 is 1.83 bits per heavy atom. The maximum absolute atomic E-state index is 12.6. The molecule has 0 saturated carbocycles. The first kappa shape index (κ1) is 16.7. The second kappa shape index (κ2) is 6.63. The van der Waals surface area contributed by atoms with E-state index in [0.717, 1.165) is 0 Å². The lowest BCUT2D eigenvalue weighted by Gasteiger charge is -2.33. The molecule has 1 aromatic heterocycles. The van der Waals surface area contributed by atoms with Crippen molar-refractivity contribution in [3.05, 3.63) is 21.5 Å². The Balaban J connectivity index is 2.12. The van der Waals surface area contributed by atoms with Gasteiger partial charge in [-0.25, -0.2) is 4.79 Å². The van der Waals surface area contributed by atoms with E-state index in [-0.39, 0.29) is 17.1 Å². The summed E-state index contributed by atoms with van der Waals surface area (Å²) in [5.74, 6) is -0.455. The van der Waals surface area contributed by atoms with E-state index in [2.05, 4.69) is 5.10 Å². The first-order chi connectivity index (χ1) is 10.9. The number of hydrogen-bond donors (Lipinski definition) is 0. The number of hydrogen-bond acceptors (Lipinski definition) is 6. The number of ether oxygens (including phenoxy) is 1. The zero-order valence-corrected chi connectivity index (χ0v) is 13.3. The number of carbonyl (C=O) groups is 2. The summed E-state index contributed by atoms with van der Waals surface area (Å²) in [5.41, 5.74) is -0.117. The molecule has 0 aliphatic carbocycles. The molecular weight excluding hydrogens is 306 g/mol. The molecule has 2 heterocycles. The summed E-state index contributed by atoms with van der Waals surface area (Å²) >= 11 is 0. The van der Waals surface area contributed by atoms with Crippen molar-refractivity contribution in [2.24, 2.45) is 7.05 Å². The van der Waals surface area contributed by atoms with Gasteiger partial charge >= 0.3 is 11.8 Å². The molecular formula is C13H19N5O5. The smallest absolute Gasteiger partial charge is 0.409 e. The molecule has 1 aromatic rings. The van der Waals surface area contributed by atoms with Gasteiger partial charge in [-0.15, -0.1) is 0 Å². The van der Waals surface area contributed by atoms with Crippen LogP contribution in [-0.4, -0.2) is 69.3 Å². The molecule has 0 radical (unpaired) electrons. The van der Waals surface area contributed by atoms with Gasteiger partial charge < -0.3 is 14.5 Å². The quantitative estimate of drug-likeness (QED) is 0.593. The molecule has 1 aliphatic rings. The Labute approximate surface area is 132 Å². The Bertz CT molecular complexity index is 633. The zero-order valence-electron chi connectivity index (χ0n) is 13.3. The van der Waals surface area contributed by atoms with Gasteiger partial charge in [0.2, 0.25) is 5.69 Å². The lowest BCUT2D eigenvalue weighted by Crippen LogP contribution is -2.51. The summed E-state index contributed by atoms with van der Waals surface area (Å²) in [6.45, 7) is 4.75. The van der Waals surface area contributed by atoms with Crippen LogP contribution in [0.2, 0.25) is 0 Å². The number of piperazine rings is 1. The Hall–Kier alpha value is -2.65. The van der Waals surface area contributed by atoms with Gasteiger partial charge in [0.15, 0.2) is 0 Å². The van der Waals surface area contributed by atoms with Gasteiger partial charge in [-0.1, -0.05) is 0 Å². The summed E-state index contributed by atoms with van der Waals surface area (Å²) < 4.78 is 6.14. The molecule has 0 unspecified atom stereocenters. The van der Waals surface area contributed by atoms with Gasteiger partial charge in [-0.05, 0) is 13.8 Å². The van der Waals surface area contributed by atoms with E-state index in [9.17, 15) is 19.7 Å². The van der Waals surface area contributed by atoms with E-state index in [1.165, 1.54) is 28.5 Å². The highest BCUT2D eigenvalue weighted by Crippen LogP contribution is 2.24. The van der Waals surface area contributed by atoms with Crippen molar-refractivity contribution in [3.63, 3.8) is 0 Å². The van der Waals surface area contributed by atoms with Crippen LogP contribution in [0.25, 0.3) is 0 Å². The highest BCUT2D eigenvalue weighted by atomic mass is 16.6. The predicted molar refractivity (Wildman–Crippen MR) is 79.1 cm³/mol. The molecule has 1 saturated heterocycles. The lowest BCUT2D eigenvalue weighted by atomic mass is 10.2. The van der Waals surface area contributed by atoms with Crippen LogP contribution < -0.4 is 0 Å². The highest BCUT2D eigenvalue weighted by Gasteiger charge is 2.34. The summed E-state index contributed by atoms with van der Waals surface area (Å²) in [4.78, 5) is 37.8. The molecule has 2 amide bonds. The number of carbonyl (C=O) groups excluding carboxylic acids is 2. The molecule has 0 bridgehead atoms. The minimum absolute atomic E-state index is 0.0444. The van der Waals surface area contributed by atoms with Crippen LogP contribution in [0.5, 0.6) is 0 Å². The monoisotopic (exact) mass is 325 g/mol. The molecule has 23 heavy (non-hydrogen) atoms. The van der Waals surface area contributed by atoms with Crippen LogP contribution in [0.3, 0.4) is 0 Å². The molecule has 1 fully saturated rings. The third-order valence-corrected chi connectivity index (χ3v) is 3.67. The second-order valence-electron chi connectivity index (χ2n) is 5.14. The van der Waals surface area contributed by atoms with Crippen molar-refractivity contribution in [1.29, 1.82) is 0 Å². The molecule has 0 spiro atoms. The fourth-order valence-corrected chi connectivity index (χ4v) is 2.56. The van der Waals surface area contributed by atoms with Gasteiger partial charge in [-0.2, -0.15) is 5.10 Å². The predicted octanol–water partition coefficient (Wildman–Crippen LogP) is 0.551. The molecule has 1 aliphatic heterocycles. The Morgan fingerprint density at radius 1 is 1.26 bits per heavy atom. The second-order valence-corrected chi connectivity index (χ2v) is 5.14. The van der Waals surface area contributed by atoms with Crippen molar-refractivity contribution >= 4 is 17.7 Å². The van der Waals surface area contributed by atoms with Crippen molar-refractivity contribution in [3.8, 4) is 0 Å². The van der Waals surface area contributed by atoms with E-state index in [0.29, 0.717) is 32.8 Å². The number of amides is 2. The van der Waals surface area contributed by atoms with Crippen molar-refractivity contribution in [2.45, 2.75) is 13.8 Å². The number of aromatic nitrogens is 2. The van der Waals surface area contributed by atoms with E-state index >= 15 is 0 Å². The number of aryl methyl sites for hydroxylation is 2. The van der Waals surface area contributed by atoms with E-state index in [1.807, 2.05) is 0 Å². The van der Waals surface area contributed by atoms with Crippen molar-refractivity contribution in [1.82, 2.24) is 19.6 Å². The lowest BCUT2D eigenvalue weighted by molar-refractivity contribution is -0.385. The topological polar surface area (TPSA) is 111 Å². The summed E-state index contributed by atoms with van der Waals surface area (Å²) in [6.07, 6.45) is -0.415. The highest BCUT2D eigenvalue weighted by molar-refractivity contribution is 5.97. The minimum atomic E-state index is -0.593. The molecule has 10 nitrogen and oxygen atoms in total. The van der Waals surface area contributed by atoms with Crippen LogP contribution >= 0.6 is 0 Å². The summed E-state index contributed by atoms with van der Waals surface area (Å²) in [7, 11) is 1.50. The molecule has 0 N–H and O–H groups in total. The van der Waals surface area contributed by atoms with E-state index in [4.69, 9.17) is 4.74 Å². The first-order valence-electron chi connectivity index (χ1n) is 7.25.